The maximum atomic E-state index is 11.3. The third-order valence-electron chi connectivity index (χ3n) is 3.31. The monoisotopic (exact) mass is 263 g/mol. The summed E-state index contributed by atoms with van der Waals surface area (Å²) in [5, 5.41) is 10.3. The molecule has 0 aliphatic carbocycles. The fourth-order valence-electron chi connectivity index (χ4n) is 2.30. The van der Waals surface area contributed by atoms with Crippen molar-refractivity contribution in [3.05, 3.63) is 65.9 Å². The molecule has 0 aliphatic heterocycles. The van der Waals surface area contributed by atoms with E-state index in [-0.39, 0.29) is 0 Å². The number of pyridine rings is 1. The van der Waals surface area contributed by atoms with Crippen molar-refractivity contribution in [2.45, 2.75) is 6.92 Å². The Balaban J connectivity index is 2.24. The summed E-state index contributed by atoms with van der Waals surface area (Å²) in [5.74, 6) is -0.923. The number of carbonyl (C=O) groups is 1. The predicted octanol–water partition coefficient (Wildman–Crippen LogP) is 3.91. The Morgan fingerprint density at radius 1 is 1.10 bits per heavy atom. The number of carboxylic acid groups (broad SMARTS) is 1. The van der Waals surface area contributed by atoms with Crippen molar-refractivity contribution in [1.82, 2.24) is 4.98 Å². The minimum Gasteiger partial charge on any atom is -0.478 e. The second kappa shape index (κ2) is 4.78. The number of carboxylic acids is 1. The summed E-state index contributed by atoms with van der Waals surface area (Å²) in [4.78, 5) is 15.7. The average molecular weight is 263 g/mol. The van der Waals surface area contributed by atoms with Crippen LogP contribution in [0, 0.1) is 6.92 Å². The lowest BCUT2D eigenvalue weighted by atomic mass is 9.98. The number of benzene rings is 2. The predicted molar refractivity (Wildman–Crippen MR) is 78.9 cm³/mol. The molecule has 0 fully saturated rings. The van der Waals surface area contributed by atoms with Crippen molar-refractivity contribution in [2.24, 2.45) is 0 Å². The summed E-state index contributed by atoms with van der Waals surface area (Å²) in [6.45, 7) is 1.95. The second-order valence-electron chi connectivity index (χ2n) is 4.77. The van der Waals surface area contributed by atoms with E-state index in [1.54, 1.807) is 18.3 Å². The molecular weight excluding hydrogens is 250 g/mol. The van der Waals surface area contributed by atoms with Crippen LogP contribution in [-0.2, 0) is 0 Å². The van der Waals surface area contributed by atoms with Crippen LogP contribution in [0.5, 0.6) is 0 Å². The molecule has 98 valence electrons. The number of hydrogen-bond acceptors (Lipinski definition) is 2. The summed E-state index contributed by atoms with van der Waals surface area (Å²) in [5.41, 5.74) is 3.76. The van der Waals surface area contributed by atoms with Gasteiger partial charge in [-0.15, -0.1) is 0 Å². The molecule has 1 aromatic heterocycles. The van der Waals surface area contributed by atoms with Gasteiger partial charge >= 0.3 is 5.97 Å². The van der Waals surface area contributed by atoms with Crippen LogP contribution in [0.15, 0.2) is 54.7 Å². The minimum atomic E-state index is -0.923. The second-order valence-corrected chi connectivity index (χ2v) is 4.77. The van der Waals surface area contributed by atoms with Gasteiger partial charge in [0.2, 0.25) is 0 Å². The minimum absolute atomic E-state index is 0.299. The number of hydrogen-bond donors (Lipinski definition) is 1. The van der Waals surface area contributed by atoms with E-state index in [4.69, 9.17) is 0 Å². The van der Waals surface area contributed by atoms with Gasteiger partial charge in [-0.3, -0.25) is 4.98 Å². The Bertz CT molecular complexity index is 809. The van der Waals surface area contributed by atoms with Crippen LogP contribution in [-0.4, -0.2) is 16.1 Å². The molecule has 0 saturated carbocycles. The molecule has 2 aromatic carbocycles. The normalized spacial score (nSPS) is 10.7. The zero-order valence-electron chi connectivity index (χ0n) is 11.0. The summed E-state index contributed by atoms with van der Waals surface area (Å²) < 4.78 is 0. The largest absolute Gasteiger partial charge is 0.478 e. The molecule has 0 bridgehead atoms. The van der Waals surface area contributed by atoms with Gasteiger partial charge in [-0.05, 0) is 30.7 Å². The van der Waals surface area contributed by atoms with Crippen molar-refractivity contribution in [3.8, 4) is 11.1 Å². The van der Waals surface area contributed by atoms with E-state index < -0.39 is 5.97 Å². The Kier molecular flexibility index (Phi) is 2.95. The standard InChI is InChI=1S/C17H13NO2/c1-11-6-7-14(17(19)20)15(8-11)13-9-12-4-2-3-5-16(12)18-10-13/h2-10H,1H3,(H,19,20). The number of fused-ring (bicyclic) bond motifs is 1. The molecule has 3 nitrogen and oxygen atoms in total. The van der Waals surface area contributed by atoms with Gasteiger partial charge in [0.15, 0.2) is 0 Å². The number of aryl methyl sites for hydroxylation is 1. The first-order valence-corrected chi connectivity index (χ1v) is 6.34. The average Bonchev–Trinajstić information content (AvgIpc) is 2.46. The van der Waals surface area contributed by atoms with Crippen LogP contribution in [0.25, 0.3) is 22.0 Å². The molecule has 3 aromatic rings. The Morgan fingerprint density at radius 2 is 1.90 bits per heavy atom. The molecule has 3 heteroatoms. The van der Waals surface area contributed by atoms with E-state index in [1.807, 2.05) is 43.3 Å². The summed E-state index contributed by atoms with van der Waals surface area (Å²) in [7, 11) is 0. The van der Waals surface area contributed by atoms with Crippen molar-refractivity contribution < 1.29 is 9.90 Å². The van der Waals surface area contributed by atoms with Gasteiger partial charge in [-0.2, -0.15) is 0 Å². The first-order valence-electron chi connectivity index (χ1n) is 6.34. The zero-order chi connectivity index (χ0) is 14.1. The summed E-state index contributed by atoms with van der Waals surface area (Å²) >= 11 is 0. The number of aromatic carboxylic acids is 1. The fraction of sp³-hybridized carbons (Fsp3) is 0.0588. The molecule has 0 unspecified atom stereocenters. The molecule has 20 heavy (non-hydrogen) atoms. The van der Waals surface area contributed by atoms with E-state index in [2.05, 4.69) is 4.98 Å². The van der Waals surface area contributed by atoms with Crippen LogP contribution in [0.1, 0.15) is 15.9 Å². The first-order chi connectivity index (χ1) is 9.65. The highest BCUT2D eigenvalue weighted by atomic mass is 16.4. The van der Waals surface area contributed by atoms with E-state index in [9.17, 15) is 9.90 Å². The molecule has 0 radical (unpaired) electrons. The summed E-state index contributed by atoms with van der Waals surface area (Å²) in [6, 6.07) is 15.1. The SMILES string of the molecule is Cc1ccc(C(=O)O)c(-c2cnc3ccccc3c2)c1. The molecule has 0 spiro atoms. The lowest BCUT2D eigenvalue weighted by Crippen LogP contribution is -2.00. The highest BCUT2D eigenvalue weighted by Gasteiger charge is 2.12. The van der Waals surface area contributed by atoms with Gasteiger partial charge in [0.25, 0.3) is 0 Å². The smallest absolute Gasteiger partial charge is 0.336 e. The van der Waals surface area contributed by atoms with Gasteiger partial charge in [0, 0.05) is 17.1 Å². The van der Waals surface area contributed by atoms with Crippen LogP contribution in [0.3, 0.4) is 0 Å². The zero-order valence-corrected chi connectivity index (χ0v) is 11.0. The van der Waals surface area contributed by atoms with Gasteiger partial charge in [0.05, 0.1) is 11.1 Å². The lowest BCUT2D eigenvalue weighted by molar-refractivity contribution is 0.0697. The van der Waals surface area contributed by atoms with Crippen LogP contribution < -0.4 is 0 Å². The van der Waals surface area contributed by atoms with Crippen LogP contribution in [0.4, 0.5) is 0 Å². The number of nitrogens with zero attached hydrogens (tertiary/aromatic N) is 1. The molecule has 0 aliphatic rings. The van der Waals surface area contributed by atoms with Gasteiger partial charge in [-0.1, -0.05) is 35.9 Å². The highest BCUT2D eigenvalue weighted by molar-refractivity contribution is 5.97. The highest BCUT2D eigenvalue weighted by Crippen LogP contribution is 2.27. The summed E-state index contributed by atoms with van der Waals surface area (Å²) in [6.07, 6.45) is 1.73. The van der Waals surface area contributed by atoms with E-state index in [0.29, 0.717) is 11.1 Å². The molecule has 1 heterocycles. The van der Waals surface area contributed by atoms with Gasteiger partial charge < -0.3 is 5.11 Å². The maximum Gasteiger partial charge on any atom is 0.336 e. The van der Waals surface area contributed by atoms with Crippen LogP contribution in [0.2, 0.25) is 0 Å². The van der Waals surface area contributed by atoms with Crippen molar-refractivity contribution in [2.75, 3.05) is 0 Å². The fourth-order valence-corrected chi connectivity index (χ4v) is 2.30. The van der Waals surface area contributed by atoms with E-state index in [0.717, 1.165) is 22.0 Å². The van der Waals surface area contributed by atoms with Crippen LogP contribution >= 0.6 is 0 Å². The topological polar surface area (TPSA) is 50.2 Å². The third kappa shape index (κ3) is 2.14. The quantitative estimate of drug-likeness (QED) is 0.762. The Labute approximate surface area is 116 Å². The number of rotatable bonds is 2. The number of aromatic nitrogens is 1. The molecule has 0 amide bonds. The molecular formula is C17H13NO2. The molecule has 0 atom stereocenters. The molecule has 3 rings (SSSR count). The van der Waals surface area contributed by atoms with E-state index in [1.165, 1.54) is 0 Å². The molecule has 0 saturated heterocycles. The Hall–Kier alpha value is -2.68. The number of para-hydroxylation sites is 1. The van der Waals surface area contributed by atoms with Gasteiger partial charge in [0.1, 0.15) is 0 Å². The maximum absolute atomic E-state index is 11.3. The Morgan fingerprint density at radius 3 is 2.70 bits per heavy atom. The van der Waals surface area contributed by atoms with Crippen molar-refractivity contribution in [3.63, 3.8) is 0 Å². The van der Waals surface area contributed by atoms with E-state index >= 15 is 0 Å². The van der Waals surface area contributed by atoms with Gasteiger partial charge in [-0.25, -0.2) is 4.79 Å². The third-order valence-corrected chi connectivity index (χ3v) is 3.31. The molecule has 1 N–H and O–H groups in total. The first kappa shape index (κ1) is 12.4. The van der Waals surface area contributed by atoms with Crippen molar-refractivity contribution >= 4 is 16.9 Å². The van der Waals surface area contributed by atoms with Crippen molar-refractivity contribution in [1.29, 1.82) is 0 Å². The lowest BCUT2D eigenvalue weighted by Gasteiger charge is -2.08.